The molecule has 9 heteroatoms. The number of carbonyl (C=O) groups excluding carboxylic acids is 2. The molecule has 1 amide bonds. The molecule has 3 N–H and O–H groups in total. The van der Waals surface area contributed by atoms with Gasteiger partial charge < -0.3 is 15.5 Å². The average molecular weight is 361 g/mol. The van der Waals surface area contributed by atoms with Gasteiger partial charge in [0.25, 0.3) is 0 Å². The van der Waals surface area contributed by atoms with E-state index in [1.165, 1.54) is 18.2 Å². The SMILES string of the molecule is CCOC(=O)c1[nH]c2ccc(F)cc2c1N=NN1CCC(C(N)=O)CC1. The van der Waals surface area contributed by atoms with Gasteiger partial charge in [-0.25, -0.2) is 9.18 Å². The van der Waals surface area contributed by atoms with E-state index in [0.29, 0.717) is 36.8 Å². The zero-order chi connectivity index (χ0) is 18.7. The number of hydrogen-bond acceptors (Lipinski definition) is 5. The first-order chi connectivity index (χ1) is 12.5. The molecular weight excluding hydrogens is 341 g/mol. The van der Waals surface area contributed by atoms with Crippen molar-refractivity contribution in [1.29, 1.82) is 0 Å². The first-order valence-electron chi connectivity index (χ1n) is 8.44. The number of nitrogens with zero attached hydrogens (tertiary/aromatic N) is 3. The lowest BCUT2D eigenvalue weighted by Crippen LogP contribution is -2.35. The van der Waals surface area contributed by atoms with Crippen molar-refractivity contribution in [3.63, 3.8) is 0 Å². The highest BCUT2D eigenvalue weighted by molar-refractivity contribution is 6.04. The van der Waals surface area contributed by atoms with Gasteiger partial charge in [-0.3, -0.25) is 9.80 Å². The molecule has 1 saturated heterocycles. The molecule has 0 unspecified atom stereocenters. The van der Waals surface area contributed by atoms with Crippen molar-refractivity contribution >= 4 is 28.5 Å². The first-order valence-corrected chi connectivity index (χ1v) is 8.44. The zero-order valence-electron chi connectivity index (χ0n) is 14.4. The lowest BCUT2D eigenvalue weighted by Gasteiger charge is -2.26. The van der Waals surface area contributed by atoms with Crippen LogP contribution in [0.2, 0.25) is 0 Å². The van der Waals surface area contributed by atoms with Gasteiger partial charge in [-0.1, -0.05) is 5.22 Å². The molecule has 0 radical (unpaired) electrons. The minimum absolute atomic E-state index is 0.128. The van der Waals surface area contributed by atoms with Crippen LogP contribution in [-0.2, 0) is 9.53 Å². The van der Waals surface area contributed by atoms with Gasteiger partial charge in [-0.05, 0) is 38.0 Å². The minimum Gasteiger partial charge on any atom is -0.461 e. The number of benzene rings is 1. The Labute approximate surface area is 149 Å². The van der Waals surface area contributed by atoms with Gasteiger partial charge in [0.2, 0.25) is 5.91 Å². The fraction of sp³-hybridized carbons (Fsp3) is 0.412. The Morgan fingerprint density at radius 1 is 1.38 bits per heavy atom. The Hall–Kier alpha value is -2.97. The molecule has 0 atom stereocenters. The summed E-state index contributed by atoms with van der Waals surface area (Å²) in [6.45, 7) is 2.97. The molecule has 0 spiro atoms. The van der Waals surface area contributed by atoms with Crippen molar-refractivity contribution in [3.8, 4) is 0 Å². The number of aromatic amines is 1. The summed E-state index contributed by atoms with van der Waals surface area (Å²) in [5, 5.41) is 10.5. The van der Waals surface area contributed by atoms with Gasteiger partial charge in [-0.2, -0.15) is 0 Å². The number of carbonyl (C=O) groups is 2. The van der Waals surface area contributed by atoms with Crippen molar-refractivity contribution < 1.29 is 18.7 Å². The van der Waals surface area contributed by atoms with Crippen LogP contribution in [0.4, 0.5) is 10.1 Å². The number of hydrogen-bond donors (Lipinski definition) is 2. The second-order valence-electron chi connectivity index (χ2n) is 6.08. The van der Waals surface area contributed by atoms with Crippen molar-refractivity contribution in [2.45, 2.75) is 19.8 Å². The number of fused-ring (bicyclic) bond motifs is 1. The number of rotatable bonds is 5. The van der Waals surface area contributed by atoms with E-state index in [9.17, 15) is 14.0 Å². The molecule has 1 aromatic heterocycles. The predicted octanol–water partition coefficient (Wildman–Crippen LogP) is 2.68. The highest BCUT2D eigenvalue weighted by atomic mass is 19.1. The number of primary amides is 1. The molecule has 2 heterocycles. The van der Waals surface area contributed by atoms with E-state index in [4.69, 9.17) is 10.5 Å². The highest BCUT2D eigenvalue weighted by Gasteiger charge is 2.23. The summed E-state index contributed by atoms with van der Waals surface area (Å²) in [6, 6.07) is 4.12. The summed E-state index contributed by atoms with van der Waals surface area (Å²) in [6.07, 6.45) is 1.20. The summed E-state index contributed by atoms with van der Waals surface area (Å²) >= 11 is 0. The second-order valence-corrected chi connectivity index (χ2v) is 6.08. The van der Waals surface area contributed by atoms with Crippen LogP contribution in [0.3, 0.4) is 0 Å². The smallest absolute Gasteiger partial charge is 0.357 e. The number of aromatic nitrogens is 1. The molecule has 26 heavy (non-hydrogen) atoms. The van der Waals surface area contributed by atoms with Crippen LogP contribution in [0, 0.1) is 11.7 Å². The maximum Gasteiger partial charge on any atom is 0.357 e. The van der Waals surface area contributed by atoms with E-state index in [-0.39, 0.29) is 29.8 Å². The van der Waals surface area contributed by atoms with Crippen molar-refractivity contribution in [1.82, 2.24) is 9.99 Å². The Bertz CT molecular complexity index is 855. The van der Waals surface area contributed by atoms with Crippen molar-refractivity contribution in [2.75, 3.05) is 19.7 Å². The quantitative estimate of drug-likeness (QED) is 0.629. The number of ether oxygens (including phenoxy) is 1. The van der Waals surface area contributed by atoms with Crippen LogP contribution in [0.5, 0.6) is 0 Å². The summed E-state index contributed by atoms with van der Waals surface area (Å²) in [5.41, 5.74) is 6.24. The van der Waals surface area contributed by atoms with Crippen LogP contribution in [-0.4, -0.2) is 41.6 Å². The molecular formula is C17H20FN5O3. The van der Waals surface area contributed by atoms with E-state index in [1.807, 2.05) is 0 Å². The van der Waals surface area contributed by atoms with E-state index in [0.717, 1.165) is 0 Å². The number of piperidine rings is 1. The van der Waals surface area contributed by atoms with Gasteiger partial charge in [0.15, 0.2) is 5.69 Å². The molecule has 0 aliphatic carbocycles. The van der Waals surface area contributed by atoms with Crippen LogP contribution >= 0.6 is 0 Å². The standard InChI is InChI=1S/C17H20FN5O3/c1-2-26-17(25)15-14(12-9-11(18)3-4-13(12)20-15)21-22-23-7-5-10(6-8-23)16(19)24/h3-4,9-10,20H,2,5-8H2,1H3,(H2,19,24). The summed E-state index contributed by atoms with van der Waals surface area (Å²) < 4.78 is 18.7. The van der Waals surface area contributed by atoms with Gasteiger partial charge >= 0.3 is 5.97 Å². The van der Waals surface area contributed by atoms with Crippen LogP contribution < -0.4 is 5.73 Å². The Morgan fingerprint density at radius 2 is 2.12 bits per heavy atom. The molecule has 0 saturated carbocycles. The molecule has 138 valence electrons. The molecule has 0 bridgehead atoms. The Balaban J connectivity index is 1.88. The van der Waals surface area contributed by atoms with E-state index in [1.54, 1.807) is 11.9 Å². The Morgan fingerprint density at radius 3 is 2.77 bits per heavy atom. The number of nitrogens with two attached hydrogens (primary N) is 1. The largest absolute Gasteiger partial charge is 0.461 e. The van der Waals surface area contributed by atoms with Gasteiger partial charge in [0.1, 0.15) is 11.5 Å². The highest BCUT2D eigenvalue weighted by Crippen LogP contribution is 2.32. The zero-order valence-corrected chi connectivity index (χ0v) is 14.4. The van der Waals surface area contributed by atoms with Crippen LogP contribution in [0.1, 0.15) is 30.3 Å². The molecule has 2 aromatic rings. The molecule has 8 nitrogen and oxygen atoms in total. The fourth-order valence-electron chi connectivity index (χ4n) is 2.95. The van der Waals surface area contributed by atoms with E-state index in [2.05, 4.69) is 15.3 Å². The first kappa shape index (κ1) is 17.8. The molecule has 1 fully saturated rings. The number of halogens is 1. The third kappa shape index (κ3) is 3.66. The summed E-state index contributed by atoms with van der Waals surface area (Å²) in [7, 11) is 0. The van der Waals surface area contributed by atoms with Gasteiger partial charge in [0, 0.05) is 29.9 Å². The van der Waals surface area contributed by atoms with E-state index < -0.39 is 11.8 Å². The third-order valence-corrected chi connectivity index (χ3v) is 4.36. The fourth-order valence-corrected chi connectivity index (χ4v) is 2.95. The van der Waals surface area contributed by atoms with Crippen molar-refractivity contribution in [2.24, 2.45) is 22.0 Å². The predicted molar refractivity (Wildman–Crippen MR) is 92.2 cm³/mol. The maximum absolute atomic E-state index is 13.6. The molecule has 1 aliphatic rings. The lowest BCUT2D eigenvalue weighted by molar-refractivity contribution is -0.123. The monoisotopic (exact) mass is 361 g/mol. The average Bonchev–Trinajstić information content (AvgIpc) is 2.98. The lowest BCUT2D eigenvalue weighted by atomic mass is 9.97. The third-order valence-electron chi connectivity index (χ3n) is 4.36. The molecule has 1 aliphatic heterocycles. The van der Waals surface area contributed by atoms with Crippen molar-refractivity contribution in [3.05, 3.63) is 29.7 Å². The van der Waals surface area contributed by atoms with Gasteiger partial charge in [-0.15, -0.1) is 5.11 Å². The maximum atomic E-state index is 13.6. The molecule has 3 rings (SSSR count). The number of esters is 1. The summed E-state index contributed by atoms with van der Waals surface area (Å²) in [5.74, 6) is -1.48. The number of amides is 1. The van der Waals surface area contributed by atoms with Gasteiger partial charge in [0.05, 0.1) is 6.61 Å². The Kier molecular flexibility index (Phi) is 5.15. The minimum atomic E-state index is -0.578. The summed E-state index contributed by atoms with van der Waals surface area (Å²) in [4.78, 5) is 26.3. The number of nitrogens with one attached hydrogen (secondary N) is 1. The topological polar surface area (TPSA) is 113 Å². The second kappa shape index (κ2) is 7.51. The van der Waals surface area contributed by atoms with E-state index >= 15 is 0 Å². The number of H-pyrrole nitrogens is 1. The van der Waals surface area contributed by atoms with Crippen LogP contribution in [0.25, 0.3) is 10.9 Å². The van der Waals surface area contributed by atoms with Crippen LogP contribution in [0.15, 0.2) is 28.5 Å². The normalized spacial score (nSPS) is 15.7. The molecule has 1 aromatic carbocycles.